The molecule has 18 nitrogen and oxygen atoms in total. The van der Waals surface area contributed by atoms with Crippen LogP contribution in [0.25, 0.3) is 0 Å². The van der Waals surface area contributed by atoms with Crippen LogP contribution in [0.4, 0.5) is 0 Å². The molecule has 16 N–H and O–H groups in total. The van der Waals surface area contributed by atoms with Gasteiger partial charge in [-0.3, -0.25) is 29.0 Å². The molecule has 0 aliphatic heterocycles. The third-order valence-corrected chi connectivity index (χ3v) is 6.63. The summed E-state index contributed by atoms with van der Waals surface area (Å²) in [6, 6.07) is 1.92. The average Bonchev–Trinajstić information content (AvgIpc) is 3.00. The van der Waals surface area contributed by atoms with Gasteiger partial charge in [-0.15, -0.1) is 0 Å². The van der Waals surface area contributed by atoms with E-state index in [-0.39, 0.29) is 38.2 Å². The van der Waals surface area contributed by atoms with Crippen LogP contribution in [0.3, 0.4) is 0 Å². The molecule has 0 aromatic heterocycles. The lowest BCUT2D eigenvalue weighted by molar-refractivity contribution is -0.142. The monoisotopic (exact) mass is 650 g/mol. The van der Waals surface area contributed by atoms with Crippen LogP contribution < -0.4 is 49.9 Å². The third-order valence-electron chi connectivity index (χ3n) is 6.63. The van der Waals surface area contributed by atoms with Crippen molar-refractivity contribution in [2.24, 2.45) is 33.7 Å². The Bertz CT molecular complexity index is 1200. The lowest BCUT2D eigenvalue weighted by Crippen LogP contribution is -2.59. The zero-order chi connectivity index (χ0) is 34.6. The highest BCUT2D eigenvalue weighted by molar-refractivity contribution is 5.96. The molecule has 0 saturated heterocycles. The van der Waals surface area contributed by atoms with Crippen LogP contribution in [-0.4, -0.2) is 102 Å². The van der Waals surface area contributed by atoms with Crippen molar-refractivity contribution in [2.75, 3.05) is 19.7 Å². The van der Waals surface area contributed by atoms with Crippen molar-refractivity contribution in [3.8, 4) is 0 Å². The summed E-state index contributed by atoms with van der Waals surface area (Å²) in [5.74, 6) is -5.75. The highest BCUT2D eigenvalue weighted by atomic mass is 16.4. The van der Waals surface area contributed by atoms with E-state index in [1.54, 1.807) is 30.3 Å². The Hall–Kier alpha value is -4.81. The minimum atomic E-state index is -1.53. The highest BCUT2D eigenvalue weighted by Crippen LogP contribution is 2.08. The molecule has 46 heavy (non-hydrogen) atoms. The van der Waals surface area contributed by atoms with Gasteiger partial charge in [0.2, 0.25) is 29.5 Å². The molecule has 1 rings (SSSR count). The molecule has 5 amide bonds. The number of aliphatic hydroxyl groups excluding tert-OH is 1. The molecule has 0 bridgehead atoms. The minimum absolute atomic E-state index is 0.000998. The van der Waals surface area contributed by atoms with Crippen LogP contribution in [0.15, 0.2) is 35.3 Å². The van der Waals surface area contributed by atoms with E-state index in [1.807, 2.05) is 0 Å². The summed E-state index contributed by atoms with van der Waals surface area (Å²) < 4.78 is 0. The van der Waals surface area contributed by atoms with E-state index in [1.165, 1.54) is 0 Å². The van der Waals surface area contributed by atoms with E-state index in [0.29, 0.717) is 24.9 Å². The second-order valence-corrected chi connectivity index (χ2v) is 10.5. The largest absolute Gasteiger partial charge is 0.480 e. The van der Waals surface area contributed by atoms with Gasteiger partial charge in [-0.05, 0) is 44.2 Å². The van der Waals surface area contributed by atoms with Crippen LogP contribution in [0, 0.1) is 0 Å². The number of carboxylic acids is 1. The summed E-state index contributed by atoms with van der Waals surface area (Å²) >= 11 is 0. The molecule has 0 fully saturated rings. The van der Waals surface area contributed by atoms with Gasteiger partial charge in [0.1, 0.15) is 24.2 Å². The van der Waals surface area contributed by atoms with Gasteiger partial charge in [0.25, 0.3) is 0 Å². The molecule has 1 aromatic carbocycles. The van der Waals surface area contributed by atoms with Crippen molar-refractivity contribution >= 4 is 41.5 Å². The van der Waals surface area contributed by atoms with E-state index in [4.69, 9.17) is 28.7 Å². The number of hydrogen-bond acceptors (Lipinski definition) is 10. The number of unbranched alkanes of at least 4 members (excludes halogenated alkanes) is 1. The van der Waals surface area contributed by atoms with Gasteiger partial charge in [-0.2, -0.15) is 0 Å². The molecular formula is C28H46N10O8. The SMILES string of the molecule is NCCCC[C@H](NC(=O)[C@H](CO)NC(=O)[C@@H](N)CC(N)=O)C(=O)N[C@@H](Cc1ccccc1)C(=O)N[C@@H](CCCN=C(N)N)C(=O)O. The maximum absolute atomic E-state index is 13.5. The van der Waals surface area contributed by atoms with Gasteiger partial charge in [0, 0.05) is 13.0 Å². The van der Waals surface area contributed by atoms with Crippen LogP contribution in [-0.2, 0) is 35.2 Å². The number of aliphatic hydroxyl groups is 1. The number of aliphatic imine (C=N–C) groups is 1. The third kappa shape index (κ3) is 15.3. The first kappa shape index (κ1) is 39.2. The first-order valence-corrected chi connectivity index (χ1v) is 14.7. The number of hydrogen-bond donors (Lipinski definition) is 11. The molecule has 0 saturated carbocycles. The summed E-state index contributed by atoms with van der Waals surface area (Å²) in [6.07, 6.45) is 0.686. The maximum Gasteiger partial charge on any atom is 0.326 e. The number of nitrogens with zero attached hydrogens (tertiary/aromatic N) is 1. The molecule has 1 aromatic rings. The van der Waals surface area contributed by atoms with Crippen molar-refractivity contribution in [3.63, 3.8) is 0 Å². The van der Waals surface area contributed by atoms with Crippen molar-refractivity contribution in [3.05, 3.63) is 35.9 Å². The molecule has 5 atom stereocenters. The Morgan fingerprint density at radius 1 is 0.739 bits per heavy atom. The number of primary amides is 1. The van der Waals surface area contributed by atoms with Crippen molar-refractivity contribution in [2.45, 2.75) is 75.2 Å². The lowest BCUT2D eigenvalue weighted by Gasteiger charge is -2.26. The molecule has 0 heterocycles. The van der Waals surface area contributed by atoms with Crippen molar-refractivity contribution < 1.29 is 39.0 Å². The Kier molecular flexibility index (Phi) is 17.9. The fraction of sp³-hybridized carbons (Fsp3) is 0.536. The lowest BCUT2D eigenvalue weighted by atomic mass is 10.0. The predicted molar refractivity (Wildman–Crippen MR) is 167 cm³/mol. The van der Waals surface area contributed by atoms with Crippen LogP contribution in [0.1, 0.15) is 44.1 Å². The van der Waals surface area contributed by atoms with Gasteiger partial charge >= 0.3 is 5.97 Å². The molecule has 256 valence electrons. The fourth-order valence-corrected chi connectivity index (χ4v) is 4.18. The average molecular weight is 651 g/mol. The van der Waals surface area contributed by atoms with Crippen LogP contribution in [0.2, 0.25) is 0 Å². The Morgan fingerprint density at radius 2 is 1.28 bits per heavy atom. The number of benzene rings is 1. The molecule has 0 aliphatic carbocycles. The topological polar surface area (TPSA) is 333 Å². The number of nitrogens with one attached hydrogen (secondary N) is 4. The smallest absolute Gasteiger partial charge is 0.326 e. The number of carbonyl (C=O) groups excluding carboxylic acids is 5. The number of guanidine groups is 1. The molecule has 0 aliphatic rings. The molecule has 18 heteroatoms. The van der Waals surface area contributed by atoms with E-state index in [0.717, 1.165) is 0 Å². The zero-order valence-corrected chi connectivity index (χ0v) is 25.5. The quantitative estimate of drug-likeness (QED) is 0.0322. The zero-order valence-electron chi connectivity index (χ0n) is 25.5. The Morgan fingerprint density at radius 3 is 1.85 bits per heavy atom. The first-order chi connectivity index (χ1) is 21.8. The Labute approximate surface area is 266 Å². The summed E-state index contributed by atoms with van der Waals surface area (Å²) in [6.45, 7) is -0.423. The number of nitrogens with two attached hydrogens (primary N) is 5. The van der Waals surface area contributed by atoms with Crippen molar-refractivity contribution in [1.29, 1.82) is 0 Å². The normalized spacial score (nSPS) is 14.0. The molecule has 0 spiro atoms. The van der Waals surface area contributed by atoms with Gasteiger partial charge in [0.05, 0.1) is 19.1 Å². The fourth-order valence-electron chi connectivity index (χ4n) is 4.18. The minimum Gasteiger partial charge on any atom is -0.480 e. The van der Waals surface area contributed by atoms with E-state index in [2.05, 4.69) is 26.3 Å². The summed E-state index contributed by atoms with van der Waals surface area (Å²) in [4.78, 5) is 79.0. The standard InChI is InChI=1S/C28H46N10O8/c29-11-5-4-9-18(35-26(44)21(15-39)38-23(41)17(30)14-22(31)40)24(42)37-20(13-16-7-2-1-3-8-16)25(43)36-19(27(45)46)10-6-12-34-28(32)33/h1-3,7-8,17-21,39H,4-6,9-15,29-30H2,(H2,31,40)(H,35,44)(H,36,43)(H,37,42)(H,38,41)(H,45,46)(H4,32,33,34)/t17-,18-,19-,20-,21-/m0/s1. The summed E-state index contributed by atoms with van der Waals surface area (Å²) in [7, 11) is 0. The molecular weight excluding hydrogens is 604 g/mol. The van der Waals surface area contributed by atoms with Crippen molar-refractivity contribution in [1.82, 2.24) is 21.3 Å². The Balaban J connectivity index is 3.16. The number of carboxylic acid groups (broad SMARTS) is 1. The first-order valence-electron chi connectivity index (χ1n) is 14.7. The predicted octanol–water partition coefficient (Wildman–Crippen LogP) is -4.37. The van der Waals surface area contributed by atoms with Gasteiger partial charge < -0.3 is 60.1 Å². The second-order valence-electron chi connectivity index (χ2n) is 10.5. The second kappa shape index (κ2) is 21.0. The number of carbonyl (C=O) groups is 6. The molecule has 0 radical (unpaired) electrons. The summed E-state index contributed by atoms with van der Waals surface area (Å²) in [5.41, 5.74) is 27.5. The van der Waals surface area contributed by atoms with Crippen LogP contribution >= 0.6 is 0 Å². The highest BCUT2D eigenvalue weighted by Gasteiger charge is 2.31. The van der Waals surface area contributed by atoms with Gasteiger partial charge in [-0.1, -0.05) is 30.3 Å². The number of amides is 5. The molecule has 0 unspecified atom stereocenters. The van der Waals surface area contributed by atoms with Gasteiger partial charge in [-0.25, -0.2) is 4.79 Å². The van der Waals surface area contributed by atoms with E-state index >= 15 is 0 Å². The number of aliphatic carboxylic acids is 1. The van der Waals surface area contributed by atoms with Crippen LogP contribution in [0.5, 0.6) is 0 Å². The van der Waals surface area contributed by atoms with E-state index < -0.39 is 78.7 Å². The number of rotatable bonds is 22. The van der Waals surface area contributed by atoms with E-state index in [9.17, 15) is 39.0 Å². The maximum atomic E-state index is 13.5. The summed E-state index contributed by atoms with van der Waals surface area (Å²) in [5, 5.41) is 29.1. The van der Waals surface area contributed by atoms with Gasteiger partial charge in [0.15, 0.2) is 5.96 Å².